The van der Waals surface area contributed by atoms with Crippen LogP contribution in [0.1, 0.15) is 31.6 Å². The lowest BCUT2D eigenvalue weighted by Gasteiger charge is -2.19. The van der Waals surface area contributed by atoms with Gasteiger partial charge in [-0.15, -0.1) is 11.3 Å². The van der Waals surface area contributed by atoms with Crippen molar-refractivity contribution in [3.8, 4) is 22.8 Å². The van der Waals surface area contributed by atoms with E-state index in [1.807, 2.05) is 62.2 Å². The molecule has 0 fully saturated rings. The number of thiazole rings is 1. The van der Waals surface area contributed by atoms with Crippen LogP contribution in [0.4, 0.5) is 4.79 Å². The number of nitrogens with zero attached hydrogens (tertiary/aromatic N) is 3. The number of alkyl carbamates (subject to hydrolysis) is 1. The minimum Gasteiger partial charge on any atom is -0.496 e. The number of imidazole rings is 1. The van der Waals surface area contributed by atoms with E-state index < -0.39 is 11.7 Å². The van der Waals surface area contributed by atoms with Gasteiger partial charge in [0, 0.05) is 42.9 Å². The zero-order valence-electron chi connectivity index (χ0n) is 18.5. The smallest absolute Gasteiger partial charge is 0.408 e. The van der Waals surface area contributed by atoms with Gasteiger partial charge in [0.25, 0.3) is 0 Å². The number of aryl methyl sites for hydroxylation is 1. The van der Waals surface area contributed by atoms with Crippen LogP contribution in [-0.4, -0.2) is 39.9 Å². The Morgan fingerprint density at radius 2 is 2.10 bits per heavy atom. The van der Waals surface area contributed by atoms with Gasteiger partial charge in [-0.3, -0.25) is 0 Å². The number of amides is 1. The molecule has 2 aromatic heterocycles. The predicted molar refractivity (Wildman–Crippen MR) is 120 cm³/mol. The number of carbonyl (C=O) groups excluding carboxylic acids is 1. The van der Waals surface area contributed by atoms with Crippen LogP contribution >= 0.6 is 11.3 Å². The van der Waals surface area contributed by atoms with Crippen molar-refractivity contribution >= 4 is 17.4 Å². The van der Waals surface area contributed by atoms with E-state index in [0.29, 0.717) is 25.3 Å². The van der Waals surface area contributed by atoms with E-state index >= 15 is 0 Å². The molecular formula is C22H28N4O4S. The zero-order chi connectivity index (χ0) is 22.4. The second-order valence-electron chi connectivity index (χ2n) is 7.90. The molecule has 0 aliphatic heterocycles. The predicted octanol–water partition coefficient (Wildman–Crippen LogP) is 4.20. The second kappa shape index (κ2) is 9.82. The number of methoxy groups -OCH3 is 1. The fourth-order valence-corrected chi connectivity index (χ4v) is 3.58. The number of aromatic nitrogens is 3. The van der Waals surface area contributed by atoms with E-state index in [9.17, 15) is 4.79 Å². The van der Waals surface area contributed by atoms with Crippen molar-refractivity contribution < 1.29 is 19.0 Å². The summed E-state index contributed by atoms with van der Waals surface area (Å²) >= 11 is 1.46. The quantitative estimate of drug-likeness (QED) is 0.560. The first kappa shape index (κ1) is 22.6. The Morgan fingerprint density at radius 3 is 2.77 bits per heavy atom. The molecule has 31 heavy (non-hydrogen) atoms. The minimum atomic E-state index is -0.535. The van der Waals surface area contributed by atoms with Gasteiger partial charge in [0.2, 0.25) is 0 Å². The second-order valence-corrected chi connectivity index (χ2v) is 8.84. The lowest BCUT2D eigenvalue weighted by Crippen LogP contribution is -2.32. The largest absolute Gasteiger partial charge is 0.496 e. The molecule has 166 valence electrons. The summed E-state index contributed by atoms with van der Waals surface area (Å²) in [5, 5.41) is 5.44. The van der Waals surface area contributed by atoms with Crippen LogP contribution in [0, 0.1) is 0 Å². The number of carbonyl (C=O) groups is 1. The molecule has 0 aliphatic rings. The van der Waals surface area contributed by atoms with Crippen molar-refractivity contribution in [3.05, 3.63) is 46.8 Å². The maximum absolute atomic E-state index is 11.8. The van der Waals surface area contributed by atoms with Gasteiger partial charge in [-0.2, -0.15) is 0 Å². The van der Waals surface area contributed by atoms with E-state index in [-0.39, 0.29) is 0 Å². The molecule has 8 nitrogen and oxygen atoms in total. The Kier molecular flexibility index (Phi) is 7.17. The van der Waals surface area contributed by atoms with Crippen molar-refractivity contribution in [1.29, 1.82) is 0 Å². The number of benzene rings is 1. The molecule has 0 unspecified atom stereocenters. The molecule has 0 saturated carbocycles. The van der Waals surface area contributed by atoms with Crippen molar-refractivity contribution in [3.63, 3.8) is 0 Å². The van der Waals surface area contributed by atoms with Gasteiger partial charge in [0.05, 0.1) is 26.0 Å². The van der Waals surface area contributed by atoms with Crippen LogP contribution in [-0.2, 0) is 24.8 Å². The number of nitrogens with one attached hydrogen (secondary N) is 1. The van der Waals surface area contributed by atoms with Crippen LogP contribution in [0.2, 0.25) is 0 Å². The highest BCUT2D eigenvalue weighted by molar-refractivity contribution is 7.09. The van der Waals surface area contributed by atoms with Gasteiger partial charge in [-0.25, -0.2) is 14.8 Å². The first-order chi connectivity index (χ1) is 14.7. The van der Waals surface area contributed by atoms with Crippen LogP contribution in [0.3, 0.4) is 0 Å². The first-order valence-corrected chi connectivity index (χ1v) is 10.8. The zero-order valence-corrected chi connectivity index (χ0v) is 19.3. The van der Waals surface area contributed by atoms with Crippen molar-refractivity contribution in [2.75, 3.05) is 13.7 Å². The summed E-state index contributed by atoms with van der Waals surface area (Å²) in [6, 6.07) is 5.68. The van der Waals surface area contributed by atoms with Gasteiger partial charge in [0.1, 0.15) is 27.9 Å². The molecule has 0 radical (unpaired) electrons. The third-order valence-electron chi connectivity index (χ3n) is 4.30. The number of hydrogen-bond acceptors (Lipinski definition) is 7. The maximum Gasteiger partial charge on any atom is 0.408 e. The summed E-state index contributed by atoms with van der Waals surface area (Å²) in [5.41, 5.74) is 1.10. The third kappa shape index (κ3) is 6.45. The maximum atomic E-state index is 11.8. The highest BCUT2D eigenvalue weighted by Crippen LogP contribution is 2.34. The molecule has 0 saturated heterocycles. The fraction of sp³-hybridized carbons (Fsp3) is 0.409. The molecular weight excluding hydrogens is 416 g/mol. The topological polar surface area (TPSA) is 87.5 Å². The van der Waals surface area contributed by atoms with E-state index in [1.54, 1.807) is 13.3 Å². The van der Waals surface area contributed by atoms with Crippen LogP contribution in [0.15, 0.2) is 36.0 Å². The normalized spacial score (nSPS) is 11.3. The van der Waals surface area contributed by atoms with Gasteiger partial charge < -0.3 is 24.1 Å². The summed E-state index contributed by atoms with van der Waals surface area (Å²) in [6.45, 7) is 6.30. The van der Waals surface area contributed by atoms with Crippen molar-refractivity contribution in [1.82, 2.24) is 19.9 Å². The lowest BCUT2D eigenvalue weighted by atomic mass is 10.1. The van der Waals surface area contributed by atoms with Crippen LogP contribution in [0.25, 0.3) is 11.3 Å². The standard InChI is InChI=1S/C22H28N4O4S/c1-22(2,3)30-21(27)24-13-20-25-17(14-31-20)16-7-6-15(12-18(16)28-5)29-11-8-19-23-9-10-26(19)4/h6-7,9-10,12,14H,8,11,13H2,1-5H3,(H,24,27). The number of ether oxygens (including phenoxy) is 3. The Labute approximate surface area is 186 Å². The highest BCUT2D eigenvalue weighted by Gasteiger charge is 2.17. The van der Waals surface area contributed by atoms with Crippen LogP contribution in [0.5, 0.6) is 11.5 Å². The Bertz CT molecular complexity index is 1020. The summed E-state index contributed by atoms with van der Waals surface area (Å²) in [6.07, 6.45) is 3.94. The first-order valence-electron chi connectivity index (χ1n) is 9.94. The van der Waals surface area contributed by atoms with Gasteiger partial charge >= 0.3 is 6.09 Å². The number of hydrogen-bond donors (Lipinski definition) is 1. The molecule has 0 bridgehead atoms. The average molecular weight is 445 g/mol. The lowest BCUT2D eigenvalue weighted by molar-refractivity contribution is 0.0523. The number of rotatable bonds is 8. The third-order valence-corrected chi connectivity index (χ3v) is 5.15. The molecule has 9 heteroatoms. The molecule has 3 aromatic rings. The molecule has 1 N–H and O–H groups in total. The molecule has 0 atom stereocenters. The highest BCUT2D eigenvalue weighted by atomic mass is 32.1. The Balaban J connectivity index is 1.61. The minimum absolute atomic E-state index is 0.302. The van der Waals surface area contributed by atoms with Gasteiger partial charge in [0.15, 0.2) is 0 Å². The van der Waals surface area contributed by atoms with E-state index in [0.717, 1.165) is 27.8 Å². The van der Waals surface area contributed by atoms with E-state index in [1.165, 1.54) is 11.3 Å². The fourth-order valence-electron chi connectivity index (χ4n) is 2.85. The molecule has 3 rings (SSSR count). The summed E-state index contributed by atoms with van der Waals surface area (Å²) in [4.78, 5) is 20.7. The van der Waals surface area contributed by atoms with Crippen LogP contribution < -0.4 is 14.8 Å². The molecule has 0 aliphatic carbocycles. The SMILES string of the molecule is COc1cc(OCCc2nccn2C)ccc1-c1csc(CNC(=O)OC(C)(C)C)n1. The average Bonchev–Trinajstić information content (AvgIpc) is 3.34. The van der Waals surface area contributed by atoms with E-state index in [4.69, 9.17) is 14.2 Å². The monoisotopic (exact) mass is 444 g/mol. The summed E-state index contributed by atoms with van der Waals surface area (Å²) in [7, 11) is 3.58. The van der Waals surface area contributed by atoms with E-state index in [2.05, 4.69) is 15.3 Å². The van der Waals surface area contributed by atoms with Gasteiger partial charge in [-0.1, -0.05) is 0 Å². The summed E-state index contributed by atoms with van der Waals surface area (Å²) in [5.74, 6) is 2.36. The van der Waals surface area contributed by atoms with Gasteiger partial charge in [-0.05, 0) is 32.9 Å². The Hall–Kier alpha value is -3.07. The molecule has 0 spiro atoms. The Morgan fingerprint density at radius 1 is 1.29 bits per heavy atom. The van der Waals surface area contributed by atoms with Crippen molar-refractivity contribution in [2.24, 2.45) is 7.05 Å². The summed E-state index contributed by atoms with van der Waals surface area (Å²) < 4.78 is 18.6. The molecule has 2 heterocycles. The van der Waals surface area contributed by atoms with Crippen molar-refractivity contribution in [2.45, 2.75) is 39.3 Å². The molecule has 1 amide bonds. The molecule has 1 aromatic carbocycles.